The van der Waals surface area contributed by atoms with Crippen LogP contribution in [0, 0.1) is 0 Å². The fraction of sp³-hybridized carbons (Fsp3) is 0.120. The van der Waals surface area contributed by atoms with E-state index < -0.39 is 6.04 Å². The van der Waals surface area contributed by atoms with E-state index in [0.717, 1.165) is 21.9 Å². The lowest BCUT2D eigenvalue weighted by molar-refractivity contribution is -0.121. The Labute approximate surface area is 173 Å². The first kappa shape index (κ1) is 18.2. The van der Waals surface area contributed by atoms with Crippen molar-refractivity contribution in [3.63, 3.8) is 0 Å². The number of nitrogens with zero attached hydrogens (tertiary/aromatic N) is 1. The Morgan fingerprint density at radius 1 is 0.867 bits per heavy atom. The van der Waals surface area contributed by atoms with Crippen LogP contribution in [-0.2, 0) is 17.8 Å². The maximum absolute atomic E-state index is 13.3. The summed E-state index contributed by atoms with van der Waals surface area (Å²) in [6, 6.07) is 24.4. The first-order valence-corrected chi connectivity index (χ1v) is 9.90. The van der Waals surface area contributed by atoms with E-state index in [1.54, 1.807) is 17.0 Å². The standard InChI is InChI=1S/C25H20N2O3/c28-24(26-21-12-11-17-6-1-2-7-18(17)14-21)22-15-19-8-3-4-9-20(19)16-27(22)25(29)23-10-5-13-30-23/h1-14,22H,15-16H2,(H,26,28). The topological polar surface area (TPSA) is 62.6 Å². The molecule has 0 radical (unpaired) electrons. The highest BCUT2D eigenvalue weighted by Gasteiger charge is 2.36. The van der Waals surface area contributed by atoms with E-state index in [1.165, 1.54) is 6.26 Å². The van der Waals surface area contributed by atoms with Gasteiger partial charge in [-0.05, 0) is 46.2 Å². The molecule has 1 aliphatic rings. The second kappa shape index (κ2) is 7.52. The first-order chi connectivity index (χ1) is 14.7. The van der Waals surface area contributed by atoms with Gasteiger partial charge in [0.05, 0.1) is 6.26 Å². The molecule has 5 heteroatoms. The first-order valence-electron chi connectivity index (χ1n) is 9.90. The highest BCUT2D eigenvalue weighted by molar-refractivity contribution is 6.01. The lowest BCUT2D eigenvalue weighted by Crippen LogP contribution is -2.50. The fourth-order valence-corrected chi connectivity index (χ4v) is 4.01. The molecular weight excluding hydrogens is 376 g/mol. The molecule has 1 N–H and O–H groups in total. The maximum atomic E-state index is 13.3. The minimum Gasteiger partial charge on any atom is -0.459 e. The molecule has 0 spiro atoms. The van der Waals surface area contributed by atoms with E-state index in [0.29, 0.717) is 18.7 Å². The Morgan fingerprint density at radius 2 is 1.63 bits per heavy atom. The summed E-state index contributed by atoms with van der Waals surface area (Å²) >= 11 is 0. The third-order valence-electron chi connectivity index (χ3n) is 5.56. The van der Waals surface area contributed by atoms with Gasteiger partial charge in [0.25, 0.3) is 5.91 Å². The van der Waals surface area contributed by atoms with Gasteiger partial charge in [-0.25, -0.2) is 0 Å². The Balaban J connectivity index is 1.45. The van der Waals surface area contributed by atoms with Crippen molar-refractivity contribution in [2.75, 3.05) is 5.32 Å². The quantitative estimate of drug-likeness (QED) is 0.549. The maximum Gasteiger partial charge on any atom is 0.290 e. The van der Waals surface area contributed by atoms with Crippen molar-refractivity contribution in [3.05, 3.63) is 102 Å². The van der Waals surface area contributed by atoms with E-state index in [9.17, 15) is 9.59 Å². The van der Waals surface area contributed by atoms with Crippen molar-refractivity contribution in [2.24, 2.45) is 0 Å². The number of hydrogen-bond acceptors (Lipinski definition) is 3. The van der Waals surface area contributed by atoms with Gasteiger partial charge in [-0.15, -0.1) is 0 Å². The van der Waals surface area contributed by atoms with E-state index in [-0.39, 0.29) is 17.6 Å². The molecule has 30 heavy (non-hydrogen) atoms. The van der Waals surface area contributed by atoms with Crippen molar-refractivity contribution in [1.29, 1.82) is 0 Å². The highest BCUT2D eigenvalue weighted by atomic mass is 16.3. The molecular formula is C25H20N2O3. The number of anilines is 1. The van der Waals surface area contributed by atoms with E-state index in [1.807, 2.05) is 66.7 Å². The molecule has 0 saturated carbocycles. The average Bonchev–Trinajstić information content (AvgIpc) is 3.32. The van der Waals surface area contributed by atoms with Crippen LogP contribution in [0.15, 0.2) is 89.5 Å². The molecule has 0 fully saturated rings. The van der Waals surface area contributed by atoms with Gasteiger partial charge in [0.1, 0.15) is 6.04 Å². The molecule has 148 valence electrons. The predicted octanol–water partition coefficient (Wildman–Crippen LogP) is 4.64. The van der Waals surface area contributed by atoms with Crippen LogP contribution in [0.3, 0.4) is 0 Å². The molecule has 4 aromatic rings. The number of benzene rings is 3. The van der Waals surface area contributed by atoms with Gasteiger partial charge >= 0.3 is 0 Å². The summed E-state index contributed by atoms with van der Waals surface area (Å²) in [7, 11) is 0. The Hall–Kier alpha value is -3.86. The molecule has 5 rings (SSSR count). The molecule has 1 aliphatic heterocycles. The third kappa shape index (κ3) is 3.35. The summed E-state index contributed by atoms with van der Waals surface area (Å²) in [6.45, 7) is 0.367. The number of nitrogens with one attached hydrogen (secondary N) is 1. The van der Waals surface area contributed by atoms with Crippen LogP contribution in [-0.4, -0.2) is 22.8 Å². The minimum atomic E-state index is -0.621. The fourth-order valence-electron chi connectivity index (χ4n) is 4.01. The third-order valence-corrected chi connectivity index (χ3v) is 5.56. The summed E-state index contributed by atoms with van der Waals surface area (Å²) in [5.74, 6) is -0.259. The van der Waals surface area contributed by atoms with Gasteiger partial charge in [-0.1, -0.05) is 54.6 Å². The number of hydrogen-bond donors (Lipinski definition) is 1. The van der Waals surface area contributed by atoms with Crippen LogP contribution in [0.5, 0.6) is 0 Å². The number of amides is 2. The van der Waals surface area contributed by atoms with Crippen LogP contribution >= 0.6 is 0 Å². The van der Waals surface area contributed by atoms with Gasteiger partial charge in [0.15, 0.2) is 5.76 Å². The second-order valence-corrected chi connectivity index (χ2v) is 7.45. The predicted molar refractivity (Wildman–Crippen MR) is 115 cm³/mol. The van der Waals surface area contributed by atoms with Crippen molar-refractivity contribution in [3.8, 4) is 0 Å². The molecule has 3 aromatic carbocycles. The Morgan fingerprint density at radius 3 is 2.43 bits per heavy atom. The number of fused-ring (bicyclic) bond motifs is 2. The molecule has 0 bridgehead atoms. The van der Waals surface area contributed by atoms with E-state index in [2.05, 4.69) is 5.32 Å². The summed E-state index contributed by atoms with van der Waals surface area (Å²) < 4.78 is 5.31. The minimum absolute atomic E-state index is 0.209. The van der Waals surface area contributed by atoms with Crippen molar-refractivity contribution in [2.45, 2.75) is 19.0 Å². The monoisotopic (exact) mass is 396 g/mol. The van der Waals surface area contributed by atoms with Crippen LogP contribution in [0.4, 0.5) is 5.69 Å². The van der Waals surface area contributed by atoms with E-state index in [4.69, 9.17) is 4.42 Å². The summed E-state index contributed by atoms with van der Waals surface area (Å²) in [6.07, 6.45) is 1.93. The molecule has 1 unspecified atom stereocenters. The molecule has 1 aromatic heterocycles. The normalized spacial score (nSPS) is 15.6. The van der Waals surface area contributed by atoms with Crippen molar-refractivity contribution in [1.82, 2.24) is 4.90 Å². The summed E-state index contributed by atoms with van der Waals surface area (Å²) in [4.78, 5) is 27.9. The van der Waals surface area contributed by atoms with Crippen LogP contribution in [0.25, 0.3) is 10.8 Å². The zero-order valence-corrected chi connectivity index (χ0v) is 16.2. The smallest absolute Gasteiger partial charge is 0.290 e. The van der Waals surface area contributed by atoms with Gasteiger partial charge in [0, 0.05) is 18.7 Å². The highest BCUT2D eigenvalue weighted by Crippen LogP contribution is 2.27. The average molecular weight is 396 g/mol. The van der Waals surface area contributed by atoms with Crippen LogP contribution in [0.1, 0.15) is 21.7 Å². The Kier molecular flexibility index (Phi) is 4.56. The molecule has 0 aliphatic carbocycles. The number of rotatable bonds is 3. The number of carbonyl (C=O) groups excluding carboxylic acids is 2. The van der Waals surface area contributed by atoms with Crippen molar-refractivity contribution >= 4 is 28.3 Å². The van der Waals surface area contributed by atoms with Gasteiger partial charge in [-0.3, -0.25) is 9.59 Å². The molecule has 1 atom stereocenters. The molecule has 2 amide bonds. The molecule has 2 heterocycles. The summed E-state index contributed by atoms with van der Waals surface area (Å²) in [5.41, 5.74) is 2.84. The number of carbonyl (C=O) groups is 2. The lowest BCUT2D eigenvalue weighted by atomic mass is 9.93. The lowest BCUT2D eigenvalue weighted by Gasteiger charge is -2.35. The Bertz CT molecular complexity index is 1230. The van der Waals surface area contributed by atoms with Gasteiger partial charge < -0.3 is 14.6 Å². The number of furan rings is 1. The van der Waals surface area contributed by atoms with E-state index >= 15 is 0 Å². The van der Waals surface area contributed by atoms with Crippen molar-refractivity contribution < 1.29 is 14.0 Å². The largest absolute Gasteiger partial charge is 0.459 e. The van der Waals surface area contributed by atoms with Gasteiger partial charge in [0.2, 0.25) is 5.91 Å². The van der Waals surface area contributed by atoms with Gasteiger partial charge in [-0.2, -0.15) is 0 Å². The summed E-state index contributed by atoms with van der Waals surface area (Å²) in [5, 5.41) is 5.16. The molecule has 5 nitrogen and oxygen atoms in total. The van der Waals surface area contributed by atoms with Crippen LogP contribution < -0.4 is 5.32 Å². The second-order valence-electron chi connectivity index (χ2n) is 7.45. The zero-order chi connectivity index (χ0) is 20.5. The molecule has 0 saturated heterocycles. The SMILES string of the molecule is O=C(Nc1ccc2ccccc2c1)C1Cc2ccccc2CN1C(=O)c1ccco1. The zero-order valence-electron chi connectivity index (χ0n) is 16.2. The van der Waals surface area contributed by atoms with Crippen LogP contribution in [0.2, 0.25) is 0 Å².